The van der Waals surface area contributed by atoms with Crippen molar-refractivity contribution in [3.8, 4) is 33.4 Å². The van der Waals surface area contributed by atoms with Gasteiger partial charge in [0, 0.05) is 42.5 Å². The van der Waals surface area contributed by atoms with Crippen molar-refractivity contribution in [2.24, 2.45) is 35.5 Å². The van der Waals surface area contributed by atoms with Gasteiger partial charge < -0.3 is 4.90 Å². The van der Waals surface area contributed by atoms with Crippen LogP contribution in [-0.2, 0) is 5.41 Å². The number of hydrogen-bond donors (Lipinski definition) is 0. The van der Waals surface area contributed by atoms with Crippen LogP contribution in [0.25, 0.3) is 53.6 Å². The van der Waals surface area contributed by atoms with E-state index >= 15 is 0 Å². The molecule has 1 heterocycles. The number of hydrogen-bond acceptors (Lipinski definition) is 2. The number of rotatable bonds is 5. The summed E-state index contributed by atoms with van der Waals surface area (Å²) in [6.45, 7) is 0. The quantitative estimate of drug-likeness (QED) is 0.171. The number of benzene rings is 7. The molecule has 264 valence electrons. The number of thiophene rings is 1. The average Bonchev–Trinajstić information content (AvgIpc) is 3.93. The van der Waals surface area contributed by atoms with Crippen molar-refractivity contribution in [3.05, 3.63) is 175 Å². The Hall–Kier alpha value is -5.44. The summed E-state index contributed by atoms with van der Waals surface area (Å²) in [5.41, 5.74) is 14.9. The Kier molecular flexibility index (Phi) is 6.34. The van der Waals surface area contributed by atoms with Crippen LogP contribution < -0.4 is 4.90 Å². The smallest absolute Gasteiger partial charge is 0.0540 e. The molecule has 7 atom stereocenters. The van der Waals surface area contributed by atoms with Gasteiger partial charge in [-0.1, -0.05) is 115 Å². The summed E-state index contributed by atoms with van der Waals surface area (Å²) in [7, 11) is 0. The van der Waals surface area contributed by atoms with Crippen LogP contribution in [0.2, 0.25) is 0 Å². The van der Waals surface area contributed by atoms with Gasteiger partial charge in [-0.15, -0.1) is 11.3 Å². The van der Waals surface area contributed by atoms with Crippen molar-refractivity contribution in [1.82, 2.24) is 0 Å². The molecule has 0 radical (unpaired) electrons. The van der Waals surface area contributed by atoms with Crippen LogP contribution in [0, 0.1) is 35.5 Å². The predicted molar refractivity (Wildman–Crippen MR) is 231 cm³/mol. The Bertz CT molecular complexity index is 2830. The van der Waals surface area contributed by atoms with Crippen molar-refractivity contribution in [3.63, 3.8) is 0 Å². The molecule has 6 aliphatic rings. The molecule has 1 aromatic heterocycles. The molecular weight excluding hydrogens is 683 g/mol. The molecule has 55 heavy (non-hydrogen) atoms. The van der Waals surface area contributed by atoms with Gasteiger partial charge in [-0.3, -0.25) is 0 Å². The van der Waals surface area contributed by atoms with Crippen molar-refractivity contribution >= 4 is 48.6 Å². The molecule has 6 aliphatic carbocycles. The Morgan fingerprint density at radius 1 is 0.473 bits per heavy atom. The van der Waals surface area contributed by atoms with Crippen molar-refractivity contribution in [1.29, 1.82) is 0 Å². The molecule has 0 amide bonds. The highest BCUT2D eigenvalue weighted by Gasteiger charge is 2.71. The molecule has 7 aromatic carbocycles. The van der Waals surface area contributed by atoms with Crippen LogP contribution in [0.3, 0.4) is 0 Å². The molecule has 2 heteroatoms. The third-order valence-electron chi connectivity index (χ3n) is 15.1. The number of nitrogens with zero attached hydrogens (tertiary/aromatic N) is 1. The minimum absolute atomic E-state index is 0.181. The highest BCUT2D eigenvalue weighted by atomic mass is 32.1. The summed E-state index contributed by atoms with van der Waals surface area (Å²) in [5, 5.41) is 2.68. The monoisotopic (exact) mass is 723 g/mol. The van der Waals surface area contributed by atoms with Crippen LogP contribution >= 0.6 is 11.3 Å². The lowest BCUT2D eigenvalue weighted by Crippen LogP contribution is -2.54. The fourth-order valence-electron chi connectivity index (χ4n) is 13.3. The first-order valence-corrected chi connectivity index (χ1v) is 21.3. The number of fused-ring (bicyclic) bond motifs is 6. The summed E-state index contributed by atoms with van der Waals surface area (Å²) < 4.78 is 2.69. The largest absolute Gasteiger partial charge is 0.310 e. The lowest BCUT2D eigenvalue weighted by molar-refractivity contribution is -0.0173. The number of para-hydroxylation sites is 1. The van der Waals surface area contributed by atoms with Gasteiger partial charge in [-0.05, 0) is 149 Å². The lowest BCUT2D eigenvalue weighted by Gasteiger charge is -2.58. The third-order valence-corrected chi connectivity index (χ3v) is 16.2. The van der Waals surface area contributed by atoms with Gasteiger partial charge in [-0.25, -0.2) is 0 Å². The Balaban J connectivity index is 0.973. The summed E-state index contributed by atoms with van der Waals surface area (Å²) in [5.74, 6) is 5.45. The van der Waals surface area contributed by atoms with E-state index in [0.717, 1.165) is 35.5 Å². The van der Waals surface area contributed by atoms with E-state index in [2.05, 4.69) is 169 Å². The van der Waals surface area contributed by atoms with E-state index in [1.165, 1.54) is 96.3 Å². The van der Waals surface area contributed by atoms with Crippen molar-refractivity contribution in [2.75, 3.05) is 4.90 Å². The molecule has 14 rings (SSSR count). The maximum atomic E-state index is 2.58. The first kappa shape index (κ1) is 30.8. The van der Waals surface area contributed by atoms with Gasteiger partial charge in [0.25, 0.3) is 0 Å². The van der Waals surface area contributed by atoms with E-state index in [1.807, 2.05) is 11.3 Å². The first-order chi connectivity index (χ1) is 27.2. The Labute approximate surface area is 326 Å². The molecule has 8 aromatic rings. The van der Waals surface area contributed by atoms with E-state index in [-0.39, 0.29) is 5.41 Å². The van der Waals surface area contributed by atoms with Crippen LogP contribution in [0.15, 0.2) is 164 Å². The average molecular weight is 724 g/mol. The second kappa shape index (κ2) is 11.3. The van der Waals surface area contributed by atoms with Gasteiger partial charge in [0.2, 0.25) is 0 Å². The van der Waals surface area contributed by atoms with Crippen LogP contribution in [0.5, 0.6) is 0 Å². The highest BCUT2D eigenvalue weighted by Crippen LogP contribution is 2.77. The summed E-state index contributed by atoms with van der Waals surface area (Å²) in [6, 6.07) is 62.1. The second-order valence-electron chi connectivity index (χ2n) is 17.2. The third kappa shape index (κ3) is 4.13. The van der Waals surface area contributed by atoms with E-state index in [9.17, 15) is 0 Å². The second-order valence-corrected chi connectivity index (χ2v) is 18.3. The topological polar surface area (TPSA) is 3.24 Å². The van der Waals surface area contributed by atoms with E-state index in [1.54, 1.807) is 11.1 Å². The van der Waals surface area contributed by atoms with E-state index < -0.39 is 0 Å². The molecule has 0 N–H and O–H groups in total. The predicted octanol–water partition coefficient (Wildman–Crippen LogP) is 14.4. The normalized spacial score (nSPS) is 26.3. The van der Waals surface area contributed by atoms with Crippen LogP contribution in [0.4, 0.5) is 17.1 Å². The molecule has 1 nitrogen and oxygen atoms in total. The Morgan fingerprint density at radius 2 is 1.20 bits per heavy atom. The maximum absolute atomic E-state index is 2.58. The lowest BCUT2D eigenvalue weighted by atomic mass is 9.45. The zero-order chi connectivity index (χ0) is 35.8. The first-order valence-electron chi connectivity index (χ1n) is 20.4. The molecular formula is C53H41NS. The highest BCUT2D eigenvalue weighted by molar-refractivity contribution is 7.25. The fraction of sp³-hybridized carbons (Fsp3) is 0.208. The van der Waals surface area contributed by atoms with Gasteiger partial charge in [0.15, 0.2) is 0 Å². The van der Waals surface area contributed by atoms with Gasteiger partial charge >= 0.3 is 0 Å². The molecule has 1 spiro atoms. The SMILES string of the molecule is c1ccc(-c2ccccc2N(c2ccc(-c3ccc4sc5ccccc5c4c3)cc2)c2ccc3c(c2)-c2ccccc2C32C3CC4CC5CC2C4C5C3)cc1. The van der Waals surface area contributed by atoms with Crippen LogP contribution in [-0.4, -0.2) is 0 Å². The minimum atomic E-state index is 0.181. The number of anilines is 3. The Morgan fingerprint density at radius 3 is 2.09 bits per heavy atom. The molecule has 0 saturated heterocycles. The standard InChI is InChI=1S/C53H41NS/c1-2-10-33(11-3-1)40-12-5-8-16-49(40)54(38-21-18-32(19-22-38)34-20-25-51-45(28-34)42-14-6-9-17-50(42)55-51)39-23-24-47-44(31-39)41-13-4-7-15-46(41)53(47)37-27-36-26-35-29-48(53)52(36)43(35)30-37/h1-25,28,31,35-37,43,48,52H,26-27,29-30H2. The molecule has 5 fully saturated rings. The van der Waals surface area contributed by atoms with Gasteiger partial charge in [-0.2, -0.15) is 0 Å². The molecule has 7 unspecified atom stereocenters. The van der Waals surface area contributed by atoms with E-state index in [4.69, 9.17) is 0 Å². The summed E-state index contributed by atoms with van der Waals surface area (Å²) in [6.07, 6.45) is 5.83. The van der Waals surface area contributed by atoms with E-state index in [0.29, 0.717) is 0 Å². The van der Waals surface area contributed by atoms with Crippen molar-refractivity contribution < 1.29 is 0 Å². The molecule has 0 aliphatic heterocycles. The zero-order valence-corrected chi connectivity index (χ0v) is 31.6. The summed E-state index contributed by atoms with van der Waals surface area (Å²) >= 11 is 1.88. The fourth-order valence-corrected chi connectivity index (χ4v) is 14.4. The summed E-state index contributed by atoms with van der Waals surface area (Å²) in [4.78, 5) is 2.52. The molecule has 6 bridgehead atoms. The van der Waals surface area contributed by atoms with Gasteiger partial charge in [0.05, 0.1) is 5.69 Å². The van der Waals surface area contributed by atoms with Crippen LogP contribution in [0.1, 0.15) is 36.8 Å². The minimum Gasteiger partial charge on any atom is -0.310 e. The van der Waals surface area contributed by atoms with Crippen molar-refractivity contribution in [2.45, 2.75) is 31.1 Å². The molecule has 5 saturated carbocycles. The zero-order valence-electron chi connectivity index (χ0n) is 30.7. The maximum Gasteiger partial charge on any atom is 0.0540 e. The van der Waals surface area contributed by atoms with Gasteiger partial charge in [0.1, 0.15) is 0 Å².